The molecule has 1 fully saturated rings. The molecule has 0 atom stereocenters. The molecule has 0 saturated carbocycles. The number of nitrogens with zero attached hydrogens (tertiary/aromatic N) is 5. The van der Waals surface area contributed by atoms with Gasteiger partial charge in [-0.3, -0.25) is 4.57 Å². The zero-order chi connectivity index (χ0) is 15.6. The molecule has 23 heavy (non-hydrogen) atoms. The molecule has 7 nitrogen and oxygen atoms in total. The van der Waals surface area contributed by atoms with E-state index in [1.165, 1.54) is 11.8 Å². The maximum atomic E-state index is 5.76. The molecule has 3 heterocycles. The van der Waals surface area contributed by atoms with Crippen LogP contribution in [-0.4, -0.2) is 46.1 Å². The molecular weight excluding hydrogens is 314 g/mol. The van der Waals surface area contributed by atoms with Gasteiger partial charge in [-0.25, -0.2) is 4.98 Å². The van der Waals surface area contributed by atoms with Crippen molar-refractivity contribution in [3.8, 4) is 0 Å². The third-order valence-corrected chi connectivity index (χ3v) is 4.59. The lowest BCUT2D eigenvalue weighted by Crippen LogP contribution is -2.38. The van der Waals surface area contributed by atoms with Gasteiger partial charge in [0.15, 0.2) is 5.58 Å². The van der Waals surface area contributed by atoms with Crippen LogP contribution in [-0.2, 0) is 11.3 Å². The lowest BCUT2D eigenvalue weighted by molar-refractivity contribution is 0.121. The van der Waals surface area contributed by atoms with Crippen molar-refractivity contribution in [2.24, 2.45) is 0 Å². The Morgan fingerprint density at radius 1 is 1.17 bits per heavy atom. The summed E-state index contributed by atoms with van der Waals surface area (Å²) < 4.78 is 13.3. The maximum absolute atomic E-state index is 5.76. The summed E-state index contributed by atoms with van der Waals surface area (Å²) in [5.41, 5.74) is 1.64. The van der Waals surface area contributed by atoms with E-state index in [0.29, 0.717) is 5.22 Å². The Labute approximate surface area is 137 Å². The summed E-state index contributed by atoms with van der Waals surface area (Å²) in [7, 11) is 0. The number of oxazole rings is 1. The van der Waals surface area contributed by atoms with Crippen LogP contribution in [0.25, 0.3) is 11.1 Å². The molecule has 1 aliphatic rings. The first kappa shape index (κ1) is 14.5. The summed E-state index contributed by atoms with van der Waals surface area (Å²) in [5.74, 6) is 0.884. The zero-order valence-corrected chi connectivity index (χ0v) is 13.6. The third-order valence-electron chi connectivity index (χ3n) is 3.76. The van der Waals surface area contributed by atoms with E-state index in [0.717, 1.165) is 55.1 Å². The first-order valence-electron chi connectivity index (χ1n) is 7.64. The molecule has 2 aromatic heterocycles. The number of hydrogen-bond donors (Lipinski definition) is 0. The average Bonchev–Trinajstić information content (AvgIpc) is 3.19. The molecule has 0 unspecified atom stereocenters. The van der Waals surface area contributed by atoms with E-state index in [-0.39, 0.29) is 0 Å². The number of para-hydroxylation sites is 2. The molecule has 1 saturated heterocycles. The fourth-order valence-corrected chi connectivity index (χ4v) is 3.44. The quantitative estimate of drug-likeness (QED) is 0.727. The fraction of sp³-hybridized carbons (Fsp3) is 0.400. The van der Waals surface area contributed by atoms with Crippen molar-refractivity contribution in [2.45, 2.75) is 23.8 Å². The van der Waals surface area contributed by atoms with Crippen LogP contribution in [0.15, 0.2) is 39.1 Å². The number of fused-ring (bicyclic) bond motifs is 1. The number of hydrogen-bond acceptors (Lipinski definition) is 7. The number of benzene rings is 1. The Kier molecular flexibility index (Phi) is 3.92. The second kappa shape index (κ2) is 6.21. The van der Waals surface area contributed by atoms with Crippen molar-refractivity contribution < 1.29 is 9.15 Å². The van der Waals surface area contributed by atoms with Crippen molar-refractivity contribution in [1.82, 2.24) is 19.7 Å². The highest BCUT2D eigenvalue weighted by molar-refractivity contribution is 7.99. The predicted molar refractivity (Wildman–Crippen MR) is 86.9 cm³/mol. The van der Waals surface area contributed by atoms with Crippen molar-refractivity contribution >= 4 is 28.8 Å². The molecule has 0 amide bonds. The highest BCUT2D eigenvalue weighted by atomic mass is 32.2. The molecule has 120 valence electrons. The van der Waals surface area contributed by atoms with Crippen LogP contribution in [0.2, 0.25) is 0 Å². The SMILES string of the molecule is CCn1c(Sc2nc3ccccc3o2)nnc1N1CCOCC1. The summed E-state index contributed by atoms with van der Waals surface area (Å²) >= 11 is 1.40. The van der Waals surface area contributed by atoms with Crippen molar-refractivity contribution in [3.05, 3.63) is 24.3 Å². The Morgan fingerprint density at radius 3 is 2.78 bits per heavy atom. The van der Waals surface area contributed by atoms with Gasteiger partial charge < -0.3 is 14.1 Å². The first-order valence-corrected chi connectivity index (χ1v) is 8.46. The van der Waals surface area contributed by atoms with E-state index >= 15 is 0 Å². The Morgan fingerprint density at radius 2 is 2.00 bits per heavy atom. The van der Waals surface area contributed by atoms with E-state index in [1.807, 2.05) is 24.3 Å². The Bertz CT molecular complexity index is 776. The Balaban J connectivity index is 1.62. The minimum absolute atomic E-state index is 0.585. The van der Waals surface area contributed by atoms with Gasteiger partial charge in [0.1, 0.15) is 5.52 Å². The molecule has 0 N–H and O–H groups in total. The summed E-state index contributed by atoms with van der Waals surface area (Å²) in [5, 5.41) is 10.1. The summed E-state index contributed by atoms with van der Waals surface area (Å²) in [6.07, 6.45) is 0. The number of rotatable bonds is 4. The van der Waals surface area contributed by atoms with E-state index < -0.39 is 0 Å². The highest BCUT2D eigenvalue weighted by Crippen LogP contribution is 2.30. The molecular formula is C15H17N5O2S. The van der Waals surface area contributed by atoms with E-state index in [1.54, 1.807) is 0 Å². The molecule has 0 spiro atoms. The van der Waals surface area contributed by atoms with Gasteiger partial charge in [0.25, 0.3) is 5.22 Å². The number of aromatic nitrogens is 4. The largest absolute Gasteiger partial charge is 0.431 e. The molecule has 0 bridgehead atoms. The molecule has 0 radical (unpaired) electrons. The van der Waals surface area contributed by atoms with Gasteiger partial charge in [-0.15, -0.1) is 10.2 Å². The van der Waals surface area contributed by atoms with Gasteiger partial charge in [-0.05, 0) is 19.1 Å². The second-order valence-corrected chi connectivity index (χ2v) is 6.09. The minimum atomic E-state index is 0.585. The van der Waals surface area contributed by atoms with Gasteiger partial charge >= 0.3 is 0 Å². The maximum Gasteiger partial charge on any atom is 0.264 e. The molecule has 3 aromatic rings. The van der Waals surface area contributed by atoms with Crippen LogP contribution >= 0.6 is 11.8 Å². The minimum Gasteiger partial charge on any atom is -0.431 e. The van der Waals surface area contributed by atoms with Crippen LogP contribution in [0, 0.1) is 0 Å². The van der Waals surface area contributed by atoms with Crippen molar-refractivity contribution in [2.75, 3.05) is 31.2 Å². The zero-order valence-electron chi connectivity index (χ0n) is 12.8. The van der Waals surface area contributed by atoms with E-state index in [9.17, 15) is 0 Å². The smallest absolute Gasteiger partial charge is 0.264 e. The molecule has 1 aliphatic heterocycles. The molecule has 1 aromatic carbocycles. The standard InChI is InChI=1S/C15H17N5O2S/c1-2-20-13(19-7-9-21-10-8-19)17-18-14(20)23-15-16-11-5-3-4-6-12(11)22-15/h3-6H,2,7-10H2,1H3. The van der Waals surface area contributed by atoms with Crippen molar-refractivity contribution in [3.63, 3.8) is 0 Å². The monoisotopic (exact) mass is 331 g/mol. The fourth-order valence-electron chi connectivity index (χ4n) is 2.60. The predicted octanol–water partition coefficient (Wildman–Crippen LogP) is 2.43. The highest BCUT2D eigenvalue weighted by Gasteiger charge is 2.21. The normalized spacial score (nSPS) is 15.4. The molecule has 8 heteroatoms. The van der Waals surface area contributed by atoms with E-state index in [4.69, 9.17) is 9.15 Å². The summed E-state index contributed by atoms with van der Waals surface area (Å²) in [6.45, 7) is 6.01. The lowest BCUT2D eigenvalue weighted by atomic mass is 10.3. The third kappa shape index (κ3) is 2.79. The van der Waals surface area contributed by atoms with Gasteiger partial charge in [-0.2, -0.15) is 0 Å². The van der Waals surface area contributed by atoms with Crippen LogP contribution in [0.1, 0.15) is 6.92 Å². The van der Waals surface area contributed by atoms with E-state index in [2.05, 4.69) is 31.6 Å². The van der Waals surface area contributed by atoms with Crippen LogP contribution < -0.4 is 4.90 Å². The topological polar surface area (TPSA) is 69.2 Å². The van der Waals surface area contributed by atoms with Gasteiger partial charge in [0.05, 0.1) is 13.2 Å². The number of anilines is 1. The summed E-state index contributed by atoms with van der Waals surface area (Å²) in [4.78, 5) is 6.69. The van der Waals surface area contributed by atoms with Crippen LogP contribution in [0.5, 0.6) is 0 Å². The number of ether oxygens (including phenoxy) is 1. The van der Waals surface area contributed by atoms with Crippen LogP contribution in [0.4, 0.5) is 5.95 Å². The first-order chi connectivity index (χ1) is 11.3. The molecule has 0 aliphatic carbocycles. The van der Waals surface area contributed by atoms with Crippen molar-refractivity contribution in [1.29, 1.82) is 0 Å². The lowest BCUT2D eigenvalue weighted by Gasteiger charge is -2.27. The van der Waals surface area contributed by atoms with Gasteiger partial charge in [0, 0.05) is 31.4 Å². The van der Waals surface area contributed by atoms with Crippen LogP contribution in [0.3, 0.4) is 0 Å². The van der Waals surface area contributed by atoms with Gasteiger partial charge in [-0.1, -0.05) is 12.1 Å². The second-order valence-electron chi connectivity index (χ2n) is 5.18. The Hall–Kier alpha value is -2.06. The summed E-state index contributed by atoms with van der Waals surface area (Å²) in [6, 6.07) is 7.74. The number of morpholine rings is 1. The van der Waals surface area contributed by atoms with Gasteiger partial charge in [0.2, 0.25) is 11.1 Å². The molecule has 4 rings (SSSR count). The average molecular weight is 331 g/mol.